The Morgan fingerprint density at radius 1 is 1.05 bits per heavy atom. The number of hydrogen-bond donors (Lipinski definition) is 1. The van der Waals surface area contributed by atoms with Crippen molar-refractivity contribution in [3.63, 3.8) is 0 Å². The van der Waals surface area contributed by atoms with E-state index in [2.05, 4.69) is 5.32 Å². The third kappa shape index (κ3) is 3.62. The van der Waals surface area contributed by atoms with Crippen LogP contribution in [0.2, 0.25) is 0 Å². The van der Waals surface area contributed by atoms with Gasteiger partial charge in [-0.15, -0.1) is 0 Å². The second-order valence-electron chi connectivity index (χ2n) is 5.99. The lowest BCUT2D eigenvalue weighted by atomic mass is 10.1. The Morgan fingerprint density at radius 2 is 1.62 bits per heavy atom. The van der Waals surface area contributed by atoms with E-state index < -0.39 is 0 Å². The maximum Gasteiger partial charge on any atom is 0.203 e. The number of nitrogens with one attached hydrogen (secondary N) is 1. The number of methoxy groups -OCH3 is 2. The van der Waals surface area contributed by atoms with Crippen molar-refractivity contribution in [2.45, 2.75) is 31.7 Å². The Kier molecular flexibility index (Phi) is 4.54. The second-order valence-corrected chi connectivity index (χ2v) is 5.99. The highest BCUT2D eigenvalue weighted by molar-refractivity contribution is 5.51. The first kappa shape index (κ1) is 14.5. The molecule has 4 nitrogen and oxygen atoms in total. The molecule has 0 atom stereocenters. The van der Waals surface area contributed by atoms with Gasteiger partial charge in [-0.3, -0.25) is 0 Å². The topological polar surface area (TPSA) is 39.7 Å². The zero-order valence-electron chi connectivity index (χ0n) is 12.9. The molecule has 0 radical (unpaired) electrons. The summed E-state index contributed by atoms with van der Waals surface area (Å²) in [7, 11) is 3.30. The molecule has 3 rings (SSSR count). The summed E-state index contributed by atoms with van der Waals surface area (Å²) in [5.41, 5.74) is 0. The molecular formula is C17H25NO3. The average molecular weight is 291 g/mol. The molecular weight excluding hydrogens is 266 g/mol. The molecule has 4 heteroatoms. The second kappa shape index (κ2) is 6.56. The minimum Gasteiger partial charge on any atom is -0.493 e. The Bertz CT molecular complexity index is 435. The van der Waals surface area contributed by atoms with Crippen molar-refractivity contribution in [3.05, 3.63) is 18.2 Å². The van der Waals surface area contributed by atoms with Gasteiger partial charge in [-0.25, -0.2) is 0 Å². The van der Waals surface area contributed by atoms with E-state index in [0.717, 1.165) is 29.9 Å². The molecule has 1 aromatic carbocycles. The van der Waals surface area contributed by atoms with Gasteiger partial charge in [0.1, 0.15) is 6.61 Å². The number of hydrogen-bond acceptors (Lipinski definition) is 4. The number of benzene rings is 1. The number of para-hydroxylation sites is 1. The molecule has 2 saturated carbocycles. The molecule has 2 aliphatic rings. The van der Waals surface area contributed by atoms with Crippen LogP contribution in [0.25, 0.3) is 0 Å². The van der Waals surface area contributed by atoms with Crippen LogP contribution in [0.1, 0.15) is 25.7 Å². The fraction of sp³-hybridized carbons (Fsp3) is 0.647. The largest absolute Gasteiger partial charge is 0.493 e. The summed E-state index contributed by atoms with van der Waals surface area (Å²) in [6, 6.07) is 6.40. The van der Waals surface area contributed by atoms with Crippen LogP contribution in [0.4, 0.5) is 0 Å². The van der Waals surface area contributed by atoms with Crippen molar-refractivity contribution in [3.8, 4) is 17.2 Å². The summed E-state index contributed by atoms with van der Waals surface area (Å²) in [5.74, 6) is 3.96. The third-order valence-corrected chi connectivity index (χ3v) is 4.37. The normalized spacial score (nSPS) is 17.9. The van der Waals surface area contributed by atoms with Gasteiger partial charge in [0.25, 0.3) is 0 Å². The molecule has 0 bridgehead atoms. The first-order valence-corrected chi connectivity index (χ1v) is 7.90. The summed E-state index contributed by atoms with van der Waals surface area (Å²) in [6.07, 6.45) is 5.59. The molecule has 21 heavy (non-hydrogen) atoms. The van der Waals surface area contributed by atoms with E-state index in [1.165, 1.54) is 25.7 Å². The third-order valence-electron chi connectivity index (χ3n) is 4.37. The highest BCUT2D eigenvalue weighted by Gasteiger charge is 2.40. The lowest BCUT2D eigenvalue weighted by Crippen LogP contribution is -2.36. The van der Waals surface area contributed by atoms with E-state index in [4.69, 9.17) is 14.2 Å². The summed E-state index contributed by atoms with van der Waals surface area (Å²) < 4.78 is 16.6. The summed E-state index contributed by atoms with van der Waals surface area (Å²) in [5, 5.41) is 3.68. The lowest BCUT2D eigenvalue weighted by molar-refractivity contribution is 0.263. The van der Waals surface area contributed by atoms with Crippen LogP contribution in [0.15, 0.2) is 18.2 Å². The van der Waals surface area contributed by atoms with E-state index in [1.807, 2.05) is 18.2 Å². The van der Waals surface area contributed by atoms with Gasteiger partial charge in [-0.1, -0.05) is 6.07 Å². The Balaban J connectivity index is 1.50. The molecule has 2 fully saturated rings. The van der Waals surface area contributed by atoms with E-state index in [1.54, 1.807) is 14.2 Å². The van der Waals surface area contributed by atoms with Crippen LogP contribution >= 0.6 is 0 Å². The van der Waals surface area contributed by atoms with Crippen LogP contribution in [0, 0.1) is 11.8 Å². The molecule has 0 aliphatic heterocycles. The Hall–Kier alpha value is -1.42. The van der Waals surface area contributed by atoms with Crippen molar-refractivity contribution >= 4 is 0 Å². The van der Waals surface area contributed by atoms with Crippen molar-refractivity contribution in [2.24, 2.45) is 11.8 Å². The maximum atomic E-state index is 5.89. The molecule has 116 valence electrons. The molecule has 1 aromatic rings. The van der Waals surface area contributed by atoms with Gasteiger partial charge in [0.05, 0.1) is 14.2 Å². The minimum atomic E-state index is 0.632. The van der Waals surface area contributed by atoms with Crippen molar-refractivity contribution in [1.29, 1.82) is 0 Å². The molecule has 0 heterocycles. The monoisotopic (exact) mass is 291 g/mol. The van der Waals surface area contributed by atoms with Gasteiger partial charge in [-0.05, 0) is 49.7 Å². The van der Waals surface area contributed by atoms with Gasteiger partial charge in [0.15, 0.2) is 11.5 Å². The first-order valence-electron chi connectivity index (χ1n) is 7.90. The Labute approximate surface area is 126 Å². The number of rotatable bonds is 9. The summed E-state index contributed by atoms with van der Waals surface area (Å²) >= 11 is 0. The van der Waals surface area contributed by atoms with E-state index in [9.17, 15) is 0 Å². The van der Waals surface area contributed by atoms with Crippen molar-refractivity contribution < 1.29 is 14.2 Å². The summed E-state index contributed by atoms with van der Waals surface area (Å²) in [4.78, 5) is 0. The van der Waals surface area contributed by atoms with E-state index in [-0.39, 0.29) is 0 Å². The maximum absolute atomic E-state index is 5.89. The standard InChI is InChI=1S/C17H25NO3/c1-19-14-4-3-5-15(20-2)17(14)21-11-10-18-16(12-6-7-12)13-8-9-13/h3-5,12-13,16,18H,6-11H2,1-2H3. The first-order chi connectivity index (χ1) is 10.3. The molecule has 0 unspecified atom stereocenters. The van der Waals surface area contributed by atoms with E-state index >= 15 is 0 Å². The highest BCUT2D eigenvalue weighted by Crippen LogP contribution is 2.44. The zero-order valence-corrected chi connectivity index (χ0v) is 12.9. The zero-order chi connectivity index (χ0) is 14.7. The predicted molar refractivity (Wildman–Crippen MR) is 82.3 cm³/mol. The molecule has 0 saturated heterocycles. The molecule has 2 aliphatic carbocycles. The fourth-order valence-corrected chi connectivity index (χ4v) is 2.97. The smallest absolute Gasteiger partial charge is 0.203 e. The molecule has 1 N–H and O–H groups in total. The summed E-state index contributed by atoms with van der Waals surface area (Å²) in [6.45, 7) is 1.51. The van der Waals surface area contributed by atoms with Crippen LogP contribution < -0.4 is 19.5 Å². The van der Waals surface area contributed by atoms with Gasteiger partial charge in [-0.2, -0.15) is 0 Å². The SMILES string of the molecule is COc1cccc(OC)c1OCCNC(C1CC1)C1CC1. The molecule has 0 spiro atoms. The van der Waals surface area contributed by atoms with Crippen LogP contribution in [0.3, 0.4) is 0 Å². The highest BCUT2D eigenvalue weighted by atomic mass is 16.5. The van der Waals surface area contributed by atoms with Crippen LogP contribution in [0.5, 0.6) is 17.2 Å². The number of ether oxygens (including phenoxy) is 3. The van der Waals surface area contributed by atoms with Gasteiger partial charge >= 0.3 is 0 Å². The minimum absolute atomic E-state index is 0.632. The predicted octanol–water partition coefficient (Wildman–Crippen LogP) is 2.86. The van der Waals surface area contributed by atoms with Gasteiger partial charge < -0.3 is 19.5 Å². The van der Waals surface area contributed by atoms with E-state index in [0.29, 0.717) is 18.4 Å². The Morgan fingerprint density at radius 3 is 2.10 bits per heavy atom. The van der Waals surface area contributed by atoms with Gasteiger partial charge in [0.2, 0.25) is 5.75 Å². The van der Waals surface area contributed by atoms with Crippen LogP contribution in [-0.2, 0) is 0 Å². The lowest BCUT2D eigenvalue weighted by Gasteiger charge is -2.19. The fourth-order valence-electron chi connectivity index (χ4n) is 2.97. The van der Waals surface area contributed by atoms with Crippen LogP contribution in [-0.4, -0.2) is 33.4 Å². The molecule has 0 amide bonds. The van der Waals surface area contributed by atoms with Crippen molar-refractivity contribution in [1.82, 2.24) is 5.32 Å². The van der Waals surface area contributed by atoms with Gasteiger partial charge in [0, 0.05) is 12.6 Å². The van der Waals surface area contributed by atoms with Crippen molar-refractivity contribution in [2.75, 3.05) is 27.4 Å². The molecule has 0 aromatic heterocycles. The quantitative estimate of drug-likeness (QED) is 0.710. The average Bonchev–Trinajstić information content (AvgIpc) is 3.39.